The van der Waals surface area contributed by atoms with Crippen LogP contribution in [0.5, 0.6) is 5.75 Å². The van der Waals surface area contributed by atoms with Gasteiger partial charge in [0.1, 0.15) is 5.69 Å². The average molecular weight is 227 g/mol. The van der Waals surface area contributed by atoms with Crippen LogP contribution in [0.25, 0.3) is 0 Å². The molecule has 3 N–H and O–H groups in total. The molecule has 1 aromatic rings. The lowest BCUT2D eigenvalue weighted by Gasteiger charge is -2.21. The molecule has 0 aliphatic carbocycles. The lowest BCUT2D eigenvalue weighted by molar-refractivity contribution is 0.445. The van der Waals surface area contributed by atoms with Gasteiger partial charge in [0.15, 0.2) is 5.75 Å². The zero-order chi connectivity index (χ0) is 10.8. The summed E-state index contributed by atoms with van der Waals surface area (Å²) >= 11 is 1.95. The Morgan fingerprint density at radius 2 is 2.53 bits per heavy atom. The quantitative estimate of drug-likeness (QED) is 0.806. The summed E-state index contributed by atoms with van der Waals surface area (Å²) in [5.74, 6) is 2.55. The van der Waals surface area contributed by atoms with Gasteiger partial charge >= 0.3 is 0 Å². The maximum absolute atomic E-state index is 9.66. The molecular weight excluding hydrogens is 210 g/mol. The minimum absolute atomic E-state index is 0.206. The molecule has 2 rings (SSSR count). The Labute approximate surface area is 93.8 Å². The SMILES string of the molecule is CC(N)c1nn(C2CCCSC2)cc1O. The number of nitrogens with zero attached hydrogens (tertiary/aromatic N) is 2. The molecule has 0 bridgehead atoms. The Bertz CT molecular complexity index is 331. The van der Waals surface area contributed by atoms with E-state index in [9.17, 15) is 5.11 Å². The van der Waals surface area contributed by atoms with Crippen LogP contribution in [0.4, 0.5) is 0 Å². The normalized spacial score (nSPS) is 24.0. The lowest BCUT2D eigenvalue weighted by Crippen LogP contribution is -2.17. The summed E-state index contributed by atoms with van der Waals surface area (Å²) in [4.78, 5) is 0. The molecule has 5 heteroatoms. The highest BCUT2D eigenvalue weighted by Crippen LogP contribution is 2.29. The first-order valence-corrected chi connectivity index (χ1v) is 6.45. The summed E-state index contributed by atoms with van der Waals surface area (Å²) < 4.78 is 1.88. The summed E-state index contributed by atoms with van der Waals surface area (Å²) in [6.07, 6.45) is 4.07. The first-order valence-electron chi connectivity index (χ1n) is 5.30. The van der Waals surface area contributed by atoms with Crippen molar-refractivity contribution < 1.29 is 5.11 Å². The van der Waals surface area contributed by atoms with Gasteiger partial charge < -0.3 is 10.8 Å². The van der Waals surface area contributed by atoms with Crippen molar-refractivity contribution in [1.29, 1.82) is 0 Å². The second kappa shape index (κ2) is 4.45. The Kier molecular flexibility index (Phi) is 3.21. The molecular formula is C10H17N3OS. The van der Waals surface area contributed by atoms with E-state index in [1.54, 1.807) is 6.20 Å². The van der Waals surface area contributed by atoms with E-state index < -0.39 is 0 Å². The molecule has 4 nitrogen and oxygen atoms in total. The molecule has 1 aromatic heterocycles. The van der Waals surface area contributed by atoms with Crippen LogP contribution < -0.4 is 5.73 Å². The molecule has 2 heterocycles. The molecule has 2 atom stereocenters. The highest BCUT2D eigenvalue weighted by Gasteiger charge is 2.19. The maximum Gasteiger partial charge on any atom is 0.158 e. The number of rotatable bonds is 2. The van der Waals surface area contributed by atoms with E-state index in [-0.39, 0.29) is 11.8 Å². The largest absolute Gasteiger partial charge is 0.504 e. The fraction of sp³-hybridized carbons (Fsp3) is 0.700. The maximum atomic E-state index is 9.66. The third-order valence-corrected chi connectivity index (χ3v) is 3.88. The monoisotopic (exact) mass is 227 g/mol. The van der Waals surface area contributed by atoms with Crippen LogP contribution in [0.1, 0.15) is 37.5 Å². The zero-order valence-corrected chi connectivity index (χ0v) is 9.70. The minimum atomic E-state index is -0.206. The van der Waals surface area contributed by atoms with Crippen molar-refractivity contribution in [2.24, 2.45) is 5.73 Å². The van der Waals surface area contributed by atoms with E-state index in [1.165, 1.54) is 12.2 Å². The van der Waals surface area contributed by atoms with Gasteiger partial charge in [0.05, 0.1) is 12.2 Å². The van der Waals surface area contributed by atoms with Gasteiger partial charge in [0.25, 0.3) is 0 Å². The number of nitrogens with two attached hydrogens (primary N) is 1. The Morgan fingerprint density at radius 3 is 3.07 bits per heavy atom. The molecule has 1 aliphatic rings. The van der Waals surface area contributed by atoms with Crippen LogP contribution >= 0.6 is 11.8 Å². The summed E-state index contributed by atoms with van der Waals surface area (Å²) in [6.45, 7) is 1.84. The Morgan fingerprint density at radius 1 is 1.73 bits per heavy atom. The summed E-state index contributed by atoms with van der Waals surface area (Å²) in [5.41, 5.74) is 6.32. The van der Waals surface area contributed by atoms with Crippen molar-refractivity contribution in [1.82, 2.24) is 9.78 Å². The van der Waals surface area contributed by atoms with E-state index in [1.807, 2.05) is 23.4 Å². The lowest BCUT2D eigenvalue weighted by atomic mass is 10.2. The van der Waals surface area contributed by atoms with E-state index >= 15 is 0 Å². The van der Waals surface area contributed by atoms with Gasteiger partial charge in [-0.2, -0.15) is 16.9 Å². The van der Waals surface area contributed by atoms with Crippen LogP contribution in [0.3, 0.4) is 0 Å². The van der Waals surface area contributed by atoms with Gasteiger partial charge in [0, 0.05) is 11.8 Å². The van der Waals surface area contributed by atoms with Gasteiger partial charge in [-0.3, -0.25) is 4.68 Å². The molecule has 1 aliphatic heterocycles. The molecule has 1 fully saturated rings. The number of hydrogen-bond donors (Lipinski definition) is 2. The van der Waals surface area contributed by atoms with E-state index in [4.69, 9.17) is 5.73 Å². The van der Waals surface area contributed by atoms with Crippen molar-refractivity contribution in [3.63, 3.8) is 0 Å². The molecule has 2 unspecified atom stereocenters. The Hall–Kier alpha value is -0.680. The van der Waals surface area contributed by atoms with Crippen LogP contribution in [0.2, 0.25) is 0 Å². The predicted octanol–water partition coefficient (Wildman–Crippen LogP) is 1.68. The summed E-state index contributed by atoms with van der Waals surface area (Å²) in [5, 5.41) is 14.0. The van der Waals surface area contributed by atoms with E-state index in [0.717, 1.165) is 12.2 Å². The van der Waals surface area contributed by atoms with Crippen LogP contribution in [0.15, 0.2) is 6.20 Å². The molecule has 1 saturated heterocycles. The highest BCUT2D eigenvalue weighted by atomic mass is 32.2. The van der Waals surface area contributed by atoms with E-state index in [0.29, 0.717) is 11.7 Å². The Balaban J connectivity index is 2.17. The summed E-state index contributed by atoms with van der Waals surface area (Å²) in [7, 11) is 0. The highest BCUT2D eigenvalue weighted by molar-refractivity contribution is 7.99. The fourth-order valence-corrected chi connectivity index (χ4v) is 2.97. The van der Waals surface area contributed by atoms with Crippen molar-refractivity contribution in [2.75, 3.05) is 11.5 Å². The van der Waals surface area contributed by atoms with Crippen molar-refractivity contribution in [2.45, 2.75) is 31.8 Å². The molecule has 0 aromatic carbocycles. The van der Waals surface area contributed by atoms with Crippen molar-refractivity contribution in [3.8, 4) is 5.75 Å². The van der Waals surface area contributed by atoms with Gasteiger partial charge in [-0.25, -0.2) is 0 Å². The third kappa shape index (κ3) is 2.29. The van der Waals surface area contributed by atoms with Gasteiger partial charge in [-0.1, -0.05) is 0 Å². The number of aromatic nitrogens is 2. The standard InChI is InChI=1S/C10H17N3OS/c1-7(11)10-9(14)5-13(12-10)8-3-2-4-15-6-8/h5,7-8,14H,2-4,6,11H2,1H3. The van der Waals surface area contributed by atoms with Crippen molar-refractivity contribution >= 4 is 11.8 Å². The fourth-order valence-electron chi connectivity index (χ4n) is 1.84. The number of aromatic hydroxyl groups is 1. The van der Waals surface area contributed by atoms with Crippen LogP contribution in [-0.2, 0) is 0 Å². The first kappa shape index (κ1) is 10.8. The second-order valence-corrected chi connectivity index (χ2v) is 5.19. The zero-order valence-electron chi connectivity index (χ0n) is 8.89. The predicted molar refractivity (Wildman–Crippen MR) is 62.1 cm³/mol. The molecule has 0 saturated carbocycles. The minimum Gasteiger partial charge on any atom is -0.504 e. The number of hydrogen-bond acceptors (Lipinski definition) is 4. The smallest absolute Gasteiger partial charge is 0.158 e. The molecule has 0 spiro atoms. The van der Waals surface area contributed by atoms with Crippen molar-refractivity contribution in [3.05, 3.63) is 11.9 Å². The van der Waals surface area contributed by atoms with Gasteiger partial charge in [0.2, 0.25) is 0 Å². The molecule has 84 valence electrons. The van der Waals surface area contributed by atoms with Crippen LogP contribution in [0, 0.1) is 0 Å². The summed E-state index contributed by atoms with van der Waals surface area (Å²) in [6, 6.07) is 0.213. The molecule has 0 radical (unpaired) electrons. The van der Waals surface area contributed by atoms with Gasteiger partial charge in [-0.15, -0.1) is 0 Å². The second-order valence-electron chi connectivity index (χ2n) is 4.04. The number of thioether (sulfide) groups is 1. The van der Waals surface area contributed by atoms with E-state index in [2.05, 4.69) is 5.10 Å². The molecule has 0 amide bonds. The van der Waals surface area contributed by atoms with Gasteiger partial charge in [-0.05, 0) is 25.5 Å². The average Bonchev–Trinajstić information content (AvgIpc) is 2.62. The third-order valence-electron chi connectivity index (χ3n) is 2.68. The molecule has 15 heavy (non-hydrogen) atoms. The topological polar surface area (TPSA) is 64.1 Å². The first-order chi connectivity index (χ1) is 7.18. The van der Waals surface area contributed by atoms with Crippen LogP contribution in [-0.4, -0.2) is 26.4 Å².